The molecule has 0 aromatic heterocycles. The van der Waals surface area contributed by atoms with E-state index < -0.39 is 0 Å². The molecule has 2 heteroatoms. The average molecular weight is 206 g/mol. The van der Waals surface area contributed by atoms with Crippen LogP contribution < -0.4 is 4.74 Å². The molecule has 1 unspecified atom stereocenters. The van der Waals surface area contributed by atoms with Crippen LogP contribution in [0.2, 0.25) is 0 Å². The summed E-state index contributed by atoms with van der Waals surface area (Å²) >= 11 is 0. The van der Waals surface area contributed by atoms with Gasteiger partial charge in [-0.2, -0.15) is 0 Å². The number of ether oxygens (including phenoxy) is 1. The molecule has 0 radical (unpaired) electrons. The Morgan fingerprint density at radius 1 is 1.27 bits per heavy atom. The number of benzene rings is 1. The van der Waals surface area contributed by atoms with Gasteiger partial charge in [0.15, 0.2) is 11.9 Å². The third-order valence-electron chi connectivity index (χ3n) is 2.28. The second-order valence-electron chi connectivity index (χ2n) is 3.53. The highest BCUT2D eigenvalue weighted by Gasteiger charge is 2.16. The Morgan fingerprint density at radius 2 is 1.93 bits per heavy atom. The van der Waals surface area contributed by atoms with Crippen molar-refractivity contribution in [3.63, 3.8) is 0 Å². The van der Waals surface area contributed by atoms with Gasteiger partial charge in [-0.3, -0.25) is 4.79 Å². The van der Waals surface area contributed by atoms with E-state index in [1.165, 1.54) is 0 Å². The summed E-state index contributed by atoms with van der Waals surface area (Å²) in [6.45, 7) is 3.93. The third kappa shape index (κ3) is 3.74. The molecular weight excluding hydrogens is 188 g/mol. The monoisotopic (exact) mass is 206 g/mol. The molecule has 1 atom stereocenters. The van der Waals surface area contributed by atoms with E-state index in [1.807, 2.05) is 37.3 Å². The molecule has 0 N–H and O–H groups in total. The highest BCUT2D eigenvalue weighted by molar-refractivity contribution is 5.83. The SMILES string of the molecule is CCCC(Oc1ccccc1)C(=O)CC. The Balaban J connectivity index is 2.62. The van der Waals surface area contributed by atoms with Crippen molar-refractivity contribution in [2.45, 2.75) is 39.2 Å². The van der Waals surface area contributed by atoms with Gasteiger partial charge < -0.3 is 4.74 Å². The Morgan fingerprint density at radius 3 is 2.47 bits per heavy atom. The lowest BCUT2D eigenvalue weighted by Gasteiger charge is -2.16. The molecule has 0 heterocycles. The predicted octanol–water partition coefficient (Wildman–Crippen LogP) is 3.21. The van der Waals surface area contributed by atoms with Gasteiger partial charge in [0.1, 0.15) is 5.75 Å². The maximum Gasteiger partial charge on any atom is 0.173 e. The molecule has 0 aliphatic carbocycles. The summed E-state index contributed by atoms with van der Waals surface area (Å²) in [6.07, 6.45) is 2.02. The summed E-state index contributed by atoms with van der Waals surface area (Å²) in [4.78, 5) is 11.6. The van der Waals surface area contributed by atoms with Crippen LogP contribution >= 0.6 is 0 Å². The van der Waals surface area contributed by atoms with E-state index in [9.17, 15) is 4.79 Å². The van der Waals surface area contributed by atoms with Crippen LogP contribution in [-0.4, -0.2) is 11.9 Å². The highest BCUT2D eigenvalue weighted by atomic mass is 16.5. The van der Waals surface area contributed by atoms with E-state index in [0.717, 1.165) is 18.6 Å². The minimum absolute atomic E-state index is 0.181. The van der Waals surface area contributed by atoms with Crippen LogP contribution in [0.1, 0.15) is 33.1 Å². The number of carbonyl (C=O) groups excluding carboxylic acids is 1. The molecule has 82 valence electrons. The number of hydrogen-bond acceptors (Lipinski definition) is 2. The van der Waals surface area contributed by atoms with Gasteiger partial charge in [-0.05, 0) is 18.6 Å². The van der Waals surface area contributed by atoms with Crippen LogP contribution in [0.4, 0.5) is 0 Å². The largest absolute Gasteiger partial charge is 0.483 e. The molecule has 0 bridgehead atoms. The van der Waals surface area contributed by atoms with Gasteiger partial charge in [0.2, 0.25) is 0 Å². The van der Waals surface area contributed by atoms with E-state index >= 15 is 0 Å². The van der Waals surface area contributed by atoms with Gasteiger partial charge in [-0.25, -0.2) is 0 Å². The van der Waals surface area contributed by atoms with Crippen LogP contribution in [-0.2, 0) is 4.79 Å². The quantitative estimate of drug-likeness (QED) is 0.714. The zero-order chi connectivity index (χ0) is 11.1. The van der Waals surface area contributed by atoms with Gasteiger partial charge in [0, 0.05) is 6.42 Å². The van der Waals surface area contributed by atoms with Gasteiger partial charge in [0.05, 0.1) is 0 Å². The topological polar surface area (TPSA) is 26.3 Å². The number of rotatable bonds is 6. The molecule has 0 saturated carbocycles. The lowest BCUT2D eigenvalue weighted by molar-refractivity contribution is -0.125. The second kappa shape index (κ2) is 6.23. The Bertz CT molecular complexity index is 293. The molecule has 0 fully saturated rings. The first-order valence-electron chi connectivity index (χ1n) is 5.52. The minimum Gasteiger partial charge on any atom is -0.483 e. The van der Waals surface area contributed by atoms with E-state index in [4.69, 9.17) is 4.74 Å². The number of para-hydroxylation sites is 1. The van der Waals surface area contributed by atoms with Crippen LogP contribution in [0.25, 0.3) is 0 Å². The molecule has 1 aromatic carbocycles. The van der Waals surface area contributed by atoms with E-state index in [-0.39, 0.29) is 11.9 Å². The van der Waals surface area contributed by atoms with Crippen molar-refractivity contribution in [2.24, 2.45) is 0 Å². The molecule has 0 aliphatic heterocycles. The molecule has 1 aromatic rings. The molecule has 0 spiro atoms. The minimum atomic E-state index is -0.276. The fraction of sp³-hybridized carbons (Fsp3) is 0.462. The smallest absolute Gasteiger partial charge is 0.173 e. The zero-order valence-electron chi connectivity index (χ0n) is 9.40. The maximum absolute atomic E-state index is 11.6. The predicted molar refractivity (Wildman–Crippen MR) is 61.1 cm³/mol. The van der Waals surface area contributed by atoms with Crippen LogP contribution in [0.3, 0.4) is 0 Å². The number of Topliss-reactive ketones (excluding diaryl/α,β-unsaturated/α-hetero) is 1. The van der Waals surface area contributed by atoms with Crippen molar-refractivity contribution in [3.8, 4) is 5.75 Å². The van der Waals surface area contributed by atoms with Crippen molar-refractivity contribution >= 4 is 5.78 Å². The van der Waals surface area contributed by atoms with Gasteiger partial charge >= 0.3 is 0 Å². The Labute approximate surface area is 91.3 Å². The van der Waals surface area contributed by atoms with Gasteiger partial charge in [-0.15, -0.1) is 0 Å². The zero-order valence-corrected chi connectivity index (χ0v) is 9.40. The number of carbonyl (C=O) groups is 1. The fourth-order valence-electron chi connectivity index (χ4n) is 1.44. The van der Waals surface area contributed by atoms with E-state index in [1.54, 1.807) is 0 Å². The first-order valence-corrected chi connectivity index (χ1v) is 5.52. The van der Waals surface area contributed by atoms with Crippen molar-refractivity contribution < 1.29 is 9.53 Å². The standard InChI is InChI=1S/C13H18O2/c1-3-8-13(12(14)4-2)15-11-9-6-5-7-10-11/h5-7,9-10,13H,3-4,8H2,1-2H3. The Hall–Kier alpha value is -1.31. The van der Waals surface area contributed by atoms with Crippen molar-refractivity contribution in [1.29, 1.82) is 0 Å². The van der Waals surface area contributed by atoms with E-state index in [0.29, 0.717) is 6.42 Å². The number of ketones is 1. The average Bonchev–Trinajstić information content (AvgIpc) is 2.29. The highest BCUT2D eigenvalue weighted by Crippen LogP contribution is 2.14. The van der Waals surface area contributed by atoms with Crippen LogP contribution in [0.5, 0.6) is 5.75 Å². The van der Waals surface area contributed by atoms with E-state index in [2.05, 4.69) is 6.92 Å². The molecule has 2 nitrogen and oxygen atoms in total. The molecule has 15 heavy (non-hydrogen) atoms. The normalized spacial score (nSPS) is 12.1. The summed E-state index contributed by atoms with van der Waals surface area (Å²) < 4.78 is 5.66. The summed E-state index contributed by atoms with van der Waals surface area (Å²) in [7, 11) is 0. The van der Waals surface area contributed by atoms with Crippen molar-refractivity contribution in [3.05, 3.63) is 30.3 Å². The molecule has 0 saturated heterocycles. The van der Waals surface area contributed by atoms with Crippen molar-refractivity contribution in [1.82, 2.24) is 0 Å². The summed E-state index contributed by atoms with van der Waals surface area (Å²) in [6, 6.07) is 9.52. The second-order valence-corrected chi connectivity index (χ2v) is 3.53. The molecule has 1 rings (SSSR count). The van der Waals surface area contributed by atoms with Crippen LogP contribution in [0, 0.1) is 0 Å². The maximum atomic E-state index is 11.6. The lowest BCUT2D eigenvalue weighted by atomic mass is 10.1. The summed E-state index contributed by atoms with van der Waals surface area (Å²) in [5.74, 6) is 0.957. The summed E-state index contributed by atoms with van der Waals surface area (Å²) in [5, 5.41) is 0. The van der Waals surface area contributed by atoms with Gasteiger partial charge in [0.25, 0.3) is 0 Å². The fourth-order valence-corrected chi connectivity index (χ4v) is 1.44. The third-order valence-corrected chi connectivity index (χ3v) is 2.28. The Kier molecular flexibility index (Phi) is 4.88. The van der Waals surface area contributed by atoms with Gasteiger partial charge in [-0.1, -0.05) is 38.5 Å². The number of hydrogen-bond donors (Lipinski definition) is 0. The molecule has 0 aliphatic rings. The lowest BCUT2D eigenvalue weighted by Crippen LogP contribution is -2.26. The molecule has 0 amide bonds. The van der Waals surface area contributed by atoms with Crippen molar-refractivity contribution in [2.75, 3.05) is 0 Å². The first-order chi connectivity index (χ1) is 7.27. The molecular formula is C13H18O2. The summed E-state index contributed by atoms with van der Waals surface area (Å²) in [5.41, 5.74) is 0. The first kappa shape index (κ1) is 11.8. The van der Waals surface area contributed by atoms with Crippen LogP contribution in [0.15, 0.2) is 30.3 Å².